The smallest absolute Gasteiger partial charge is 0.309 e. The van der Waals surface area contributed by atoms with Crippen molar-refractivity contribution in [2.45, 2.75) is 39.5 Å². The normalized spacial score (nSPS) is 18.3. The molecule has 1 amide bonds. The number of aryl methyl sites for hydroxylation is 1. The molecular formula is C22H30N6O3. The standard InChI is InChI=1S/C22H30N6O3/c1-3-31-22(30)18-6-11-27(12-7-18)21(29)17-4-9-26(10-5-17)19-14-20(25-15-24-19)28-13-8-23-16(28)2/h8,13-15,17-18H,3-7,9-12H2,1-2H3. The lowest BCUT2D eigenvalue weighted by molar-refractivity contribution is -0.151. The zero-order valence-corrected chi connectivity index (χ0v) is 18.2. The van der Waals surface area contributed by atoms with E-state index < -0.39 is 0 Å². The van der Waals surface area contributed by atoms with Crippen molar-refractivity contribution in [3.8, 4) is 5.82 Å². The molecular weight excluding hydrogens is 396 g/mol. The van der Waals surface area contributed by atoms with Crippen LogP contribution < -0.4 is 4.90 Å². The van der Waals surface area contributed by atoms with Crippen molar-refractivity contribution in [1.29, 1.82) is 0 Å². The minimum absolute atomic E-state index is 0.0348. The van der Waals surface area contributed by atoms with Gasteiger partial charge in [0, 0.05) is 50.6 Å². The van der Waals surface area contributed by atoms with Crippen LogP contribution in [0.4, 0.5) is 5.82 Å². The van der Waals surface area contributed by atoms with Crippen LogP contribution in [0.25, 0.3) is 5.82 Å². The molecule has 31 heavy (non-hydrogen) atoms. The zero-order chi connectivity index (χ0) is 21.8. The van der Waals surface area contributed by atoms with E-state index in [4.69, 9.17) is 4.74 Å². The maximum Gasteiger partial charge on any atom is 0.309 e. The summed E-state index contributed by atoms with van der Waals surface area (Å²) in [4.78, 5) is 42.1. The monoisotopic (exact) mass is 426 g/mol. The van der Waals surface area contributed by atoms with E-state index in [1.54, 1.807) is 12.5 Å². The van der Waals surface area contributed by atoms with Crippen LogP contribution >= 0.6 is 0 Å². The molecule has 0 radical (unpaired) electrons. The van der Waals surface area contributed by atoms with Crippen molar-refractivity contribution in [2.24, 2.45) is 11.8 Å². The van der Waals surface area contributed by atoms with Crippen LogP contribution in [0.1, 0.15) is 38.4 Å². The summed E-state index contributed by atoms with van der Waals surface area (Å²) in [6.07, 6.45) is 8.22. The van der Waals surface area contributed by atoms with Gasteiger partial charge in [-0.25, -0.2) is 15.0 Å². The molecule has 0 unspecified atom stereocenters. The minimum Gasteiger partial charge on any atom is -0.466 e. The van der Waals surface area contributed by atoms with Crippen LogP contribution in [-0.4, -0.2) is 69.1 Å². The number of carbonyl (C=O) groups excluding carboxylic acids is 2. The summed E-state index contributed by atoms with van der Waals surface area (Å²) >= 11 is 0. The molecule has 2 fully saturated rings. The molecule has 4 rings (SSSR count). The van der Waals surface area contributed by atoms with Crippen molar-refractivity contribution in [1.82, 2.24) is 24.4 Å². The first-order valence-corrected chi connectivity index (χ1v) is 11.1. The quantitative estimate of drug-likeness (QED) is 0.675. The van der Waals surface area contributed by atoms with Gasteiger partial charge < -0.3 is 14.5 Å². The second-order valence-electron chi connectivity index (χ2n) is 8.19. The first-order chi connectivity index (χ1) is 15.1. The number of amides is 1. The fraction of sp³-hybridized carbons (Fsp3) is 0.591. The fourth-order valence-electron chi connectivity index (χ4n) is 4.47. The number of likely N-dealkylation sites (tertiary alicyclic amines) is 1. The number of piperidine rings is 2. The Labute approximate surface area is 182 Å². The van der Waals surface area contributed by atoms with Gasteiger partial charge in [-0.15, -0.1) is 0 Å². The first kappa shape index (κ1) is 21.3. The van der Waals surface area contributed by atoms with Gasteiger partial charge in [0.25, 0.3) is 0 Å². The highest BCUT2D eigenvalue weighted by molar-refractivity contribution is 5.80. The molecule has 0 aliphatic carbocycles. The summed E-state index contributed by atoms with van der Waals surface area (Å²) < 4.78 is 7.05. The third-order valence-corrected chi connectivity index (χ3v) is 6.31. The molecule has 0 bridgehead atoms. The Morgan fingerprint density at radius 3 is 2.32 bits per heavy atom. The molecule has 166 valence electrons. The molecule has 4 heterocycles. The van der Waals surface area contributed by atoms with Gasteiger partial charge in [-0.2, -0.15) is 0 Å². The summed E-state index contributed by atoms with van der Waals surface area (Å²) in [5.41, 5.74) is 0. The minimum atomic E-state index is -0.127. The van der Waals surface area contributed by atoms with Gasteiger partial charge in [0.2, 0.25) is 5.91 Å². The van der Waals surface area contributed by atoms with E-state index in [1.165, 1.54) is 0 Å². The van der Waals surface area contributed by atoms with Crippen LogP contribution in [0.3, 0.4) is 0 Å². The molecule has 0 aromatic carbocycles. The fourth-order valence-corrected chi connectivity index (χ4v) is 4.47. The second kappa shape index (κ2) is 9.45. The third-order valence-electron chi connectivity index (χ3n) is 6.31. The lowest BCUT2D eigenvalue weighted by Gasteiger charge is -2.37. The van der Waals surface area contributed by atoms with Crippen LogP contribution in [-0.2, 0) is 14.3 Å². The molecule has 9 nitrogen and oxygen atoms in total. The summed E-state index contributed by atoms with van der Waals surface area (Å²) in [6.45, 7) is 7.03. The van der Waals surface area contributed by atoms with E-state index in [-0.39, 0.29) is 23.7 Å². The maximum atomic E-state index is 13.0. The lowest BCUT2D eigenvalue weighted by Crippen LogP contribution is -2.46. The molecule has 2 saturated heterocycles. The van der Waals surface area contributed by atoms with Gasteiger partial charge in [0.1, 0.15) is 23.8 Å². The summed E-state index contributed by atoms with van der Waals surface area (Å²) in [6, 6.07) is 1.97. The van der Waals surface area contributed by atoms with Crippen molar-refractivity contribution >= 4 is 17.7 Å². The van der Waals surface area contributed by atoms with Crippen LogP contribution in [0, 0.1) is 18.8 Å². The van der Waals surface area contributed by atoms with Gasteiger partial charge in [-0.05, 0) is 39.5 Å². The molecule has 0 N–H and O–H groups in total. The molecule has 0 saturated carbocycles. The Morgan fingerprint density at radius 1 is 1.00 bits per heavy atom. The van der Waals surface area contributed by atoms with E-state index in [2.05, 4.69) is 19.9 Å². The molecule has 2 aliphatic rings. The largest absolute Gasteiger partial charge is 0.466 e. The number of hydrogen-bond donors (Lipinski definition) is 0. The van der Waals surface area contributed by atoms with Gasteiger partial charge in [-0.1, -0.05) is 0 Å². The van der Waals surface area contributed by atoms with Gasteiger partial charge in [-0.3, -0.25) is 14.2 Å². The van der Waals surface area contributed by atoms with Crippen LogP contribution in [0.5, 0.6) is 0 Å². The van der Waals surface area contributed by atoms with Crippen LogP contribution in [0.2, 0.25) is 0 Å². The van der Waals surface area contributed by atoms with E-state index in [0.29, 0.717) is 32.5 Å². The van der Waals surface area contributed by atoms with E-state index in [1.807, 2.05) is 35.6 Å². The summed E-state index contributed by atoms with van der Waals surface area (Å²) in [7, 11) is 0. The van der Waals surface area contributed by atoms with E-state index >= 15 is 0 Å². The number of anilines is 1. The summed E-state index contributed by atoms with van der Waals surface area (Å²) in [5, 5.41) is 0. The molecule has 2 aromatic rings. The van der Waals surface area contributed by atoms with Crippen molar-refractivity contribution in [2.75, 3.05) is 37.7 Å². The van der Waals surface area contributed by atoms with Crippen molar-refractivity contribution < 1.29 is 14.3 Å². The van der Waals surface area contributed by atoms with Crippen molar-refractivity contribution in [3.05, 3.63) is 30.6 Å². The Hall–Kier alpha value is -2.97. The number of hydrogen-bond acceptors (Lipinski definition) is 7. The number of nitrogens with zero attached hydrogens (tertiary/aromatic N) is 6. The molecule has 9 heteroatoms. The first-order valence-electron chi connectivity index (χ1n) is 11.1. The van der Waals surface area contributed by atoms with Gasteiger partial charge in [0.15, 0.2) is 0 Å². The third kappa shape index (κ3) is 4.70. The number of ether oxygens (including phenoxy) is 1. The van der Waals surface area contributed by atoms with E-state index in [0.717, 1.165) is 43.4 Å². The predicted octanol–water partition coefficient (Wildman–Crippen LogP) is 1.99. The Balaban J connectivity index is 1.31. The van der Waals surface area contributed by atoms with Gasteiger partial charge in [0.05, 0.1) is 12.5 Å². The Bertz CT molecular complexity index is 913. The van der Waals surface area contributed by atoms with Crippen LogP contribution in [0.15, 0.2) is 24.8 Å². The number of aromatic nitrogens is 4. The number of esters is 1. The SMILES string of the molecule is CCOC(=O)C1CCN(C(=O)C2CCN(c3cc(-n4ccnc4C)ncn3)CC2)CC1. The van der Waals surface area contributed by atoms with Crippen molar-refractivity contribution in [3.63, 3.8) is 0 Å². The maximum absolute atomic E-state index is 13.0. The molecule has 0 atom stereocenters. The topological polar surface area (TPSA) is 93.5 Å². The lowest BCUT2D eigenvalue weighted by atomic mass is 9.92. The number of imidazole rings is 1. The molecule has 2 aliphatic heterocycles. The summed E-state index contributed by atoms with van der Waals surface area (Å²) in [5.74, 6) is 2.60. The number of carbonyl (C=O) groups is 2. The molecule has 2 aromatic heterocycles. The van der Waals surface area contributed by atoms with Gasteiger partial charge >= 0.3 is 5.97 Å². The zero-order valence-electron chi connectivity index (χ0n) is 18.2. The number of rotatable bonds is 5. The molecule has 0 spiro atoms. The highest BCUT2D eigenvalue weighted by atomic mass is 16.5. The highest BCUT2D eigenvalue weighted by Gasteiger charge is 2.33. The van der Waals surface area contributed by atoms with E-state index in [9.17, 15) is 9.59 Å². The average Bonchev–Trinajstić information content (AvgIpc) is 3.25. The average molecular weight is 427 g/mol. The highest BCUT2D eigenvalue weighted by Crippen LogP contribution is 2.27. The second-order valence-corrected chi connectivity index (χ2v) is 8.19. The Morgan fingerprint density at radius 2 is 1.68 bits per heavy atom. The Kier molecular flexibility index (Phi) is 6.48. The predicted molar refractivity (Wildman–Crippen MR) is 115 cm³/mol.